The molecule has 0 radical (unpaired) electrons. The van der Waals surface area contributed by atoms with Gasteiger partial charge in [-0.2, -0.15) is 20.6 Å². The minimum absolute atomic E-state index is 0.0269. The second-order valence-electron chi connectivity index (χ2n) is 24.2. The molecular formula is C70H60Cl6N14O11. The quantitative estimate of drug-likeness (QED) is 0.0265. The number of nitriles is 2. The first-order valence-corrected chi connectivity index (χ1v) is 33.4. The highest BCUT2D eigenvalue weighted by atomic mass is 35.5. The number of carbonyl (C=O) groups excluding carboxylic acids is 6. The number of nitrogen functional groups attached to an aromatic ring is 1. The minimum atomic E-state index is -0.804. The molecule has 3 saturated carbocycles. The fraction of sp³-hybridized carbons (Fsp3) is 0.286. The molecule has 3 amide bonds. The molecule has 3 fully saturated rings. The van der Waals surface area contributed by atoms with Gasteiger partial charge < -0.3 is 48.0 Å². The third-order valence-electron chi connectivity index (χ3n) is 16.4. The molecule has 9 aromatic rings. The fourth-order valence-corrected chi connectivity index (χ4v) is 12.0. The number of imidazole rings is 3. The van der Waals surface area contributed by atoms with Gasteiger partial charge in [-0.25, -0.2) is 26.3 Å². The van der Waals surface area contributed by atoms with Gasteiger partial charge in [0.2, 0.25) is 17.3 Å². The maximum atomic E-state index is 12.2. The Hall–Kier alpha value is -10.3. The van der Waals surface area contributed by atoms with E-state index in [9.17, 15) is 34.0 Å². The zero-order valence-electron chi connectivity index (χ0n) is 54.6. The number of amides is 3. The van der Waals surface area contributed by atoms with E-state index in [-0.39, 0.29) is 91.6 Å². The number of hydrazone groups is 1. The summed E-state index contributed by atoms with van der Waals surface area (Å²) in [4.78, 5) is 88.7. The number of aliphatic imine (C=N–C) groups is 1. The molecule has 0 bridgehead atoms. The van der Waals surface area contributed by atoms with Crippen LogP contribution in [0.25, 0.3) is 37.9 Å². The van der Waals surface area contributed by atoms with Crippen molar-refractivity contribution in [2.45, 2.75) is 109 Å². The highest BCUT2D eigenvalue weighted by molar-refractivity contribution is 6.50. The number of benzene rings is 6. The number of anilines is 2. The number of nitrogens with zero attached hydrogens (tertiary/aromatic N) is 12. The maximum Gasteiger partial charge on any atom is 0.414 e. The van der Waals surface area contributed by atoms with Crippen LogP contribution in [0.5, 0.6) is 34.5 Å². The first-order chi connectivity index (χ1) is 48.2. The van der Waals surface area contributed by atoms with E-state index in [1.54, 1.807) is 62.4 Å². The SMILES string of the molecule is CC1(n2cnc3ccc(Oc4c(Cl)cc(N)cc4Cl)cc32)CC1.CC1(n2cnc3ccc(Oc4c(Cl)cc(N5N=C(C#N)C(=O)CC5=O)cc4Cl)cc32)CC1.CCOC(=O)CC(=O)C(C#N)=NCc1cc(Cl)c(Oc2ccc3ncn(C4(C)CC4)c3c2)c(Cl)c1.[C-]#[N+]CC(=O)NC(=O)OCC. The van der Waals surface area contributed by atoms with Crippen LogP contribution in [-0.4, -0.2) is 95.3 Å². The predicted molar refractivity (Wildman–Crippen MR) is 382 cm³/mol. The van der Waals surface area contributed by atoms with Crippen LogP contribution in [0.15, 0.2) is 120 Å². The lowest BCUT2D eigenvalue weighted by atomic mass is 10.1. The number of alkyl carbamates (subject to hydrolysis) is 1. The third-order valence-corrected chi connectivity index (χ3v) is 18.1. The summed E-state index contributed by atoms with van der Waals surface area (Å²) >= 11 is 38.1. The Morgan fingerprint density at radius 1 is 0.634 bits per heavy atom. The normalized spacial score (nSPS) is 15.0. The molecule has 1 aliphatic heterocycles. The van der Waals surface area contributed by atoms with E-state index in [0.717, 1.165) is 63.8 Å². The molecule has 4 aliphatic rings. The van der Waals surface area contributed by atoms with Gasteiger partial charge in [-0.1, -0.05) is 69.6 Å². The highest BCUT2D eigenvalue weighted by Crippen LogP contribution is 2.49. The lowest BCUT2D eigenvalue weighted by Gasteiger charge is -2.22. The molecule has 3 N–H and O–H groups in total. The number of hydrogen-bond acceptors (Lipinski definition) is 19. The Balaban J connectivity index is 0.000000154. The van der Waals surface area contributed by atoms with Crippen molar-refractivity contribution in [1.29, 1.82) is 10.5 Å². The monoisotopic (exact) mass is 1480 g/mol. The average molecular weight is 1490 g/mol. The smallest absolute Gasteiger partial charge is 0.414 e. The van der Waals surface area contributed by atoms with E-state index in [4.69, 9.17) is 106 Å². The minimum Gasteiger partial charge on any atom is -0.466 e. The van der Waals surface area contributed by atoms with Crippen LogP contribution in [0.4, 0.5) is 16.2 Å². The number of Topliss-reactive ketones (excluding diaryl/α,β-unsaturated/α-hetero) is 2. The molecule has 31 heteroatoms. The van der Waals surface area contributed by atoms with Gasteiger partial charge in [-0.15, -0.1) is 0 Å². The molecule has 25 nitrogen and oxygen atoms in total. The molecule has 518 valence electrons. The van der Waals surface area contributed by atoms with E-state index < -0.39 is 48.3 Å². The van der Waals surface area contributed by atoms with Crippen LogP contribution >= 0.6 is 69.6 Å². The number of carbonyl (C=O) groups is 6. The predicted octanol–water partition coefficient (Wildman–Crippen LogP) is 15.9. The van der Waals surface area contributed by atoms with Crippen LogP contribution in [0.2, 0.25) is 30.1 Å². The number of ketones is 2. The topological polar surface area (TPSA) is 320 Å². The molecule has 13 rings (SSSR count). The Labute approximate surface area is 607 Å². The molecule has 0 saturated heterocycles. The van der Waals surface area contributed by atoms with E-state index in [0.29, 0.717) is 44.3 Å². The number of hydrogen-bond donors (Lipinski definition) is 2. The van der Waals surface area contributed by atoms with Gasteiger partial charge in [-0.05, 0) is 152 Å². The van der Waals surface area contributed by atoms with Crippen LogP contribution in [0, 0.1) is 29.2 Å². The molecule has 0 atom stereocenters. The molecule has 6 aromatic carbocycles. The number of esters is 1. The summed E-state index contributed by atoms with van der Waals surface area (Å²) < 4.78 is 33.5. The Morgan fingerprint density at radius 2 is 1.05 bits per heavy atom. The number of aromatic nitrogens is 6. The summed E-state index contributed by atoms with van der Waals surface area (Å²) in [5.74, 6) is -0.603. The Bertz CT molecular complexity index is 4940. The van der Waals surface area contributed by atoms with Crippen molar-refractivity contribution >= 4 is 161 Å². The number of fused-ring (bicyclic) bond motifs is 3. The van der Waals surface area contributed by atoms with Crippen molar-refractivity contribution in [1.82, 2.24) is 34.0 Å². The Morgan fingerprint density at radius 3 is 1.44 bits per heavy atom. The van der Waals surface area contributed by atoms with Crippen molar-refractivity contribution in [3.63, 3.8) is 0 Å². The van der Waals surface area contributed by atoms with Crippen molar-refractivity contribution in [3.05, 3.63) is 157 Å². The van der Waals surface area contributed by atoms with Gasteiger partial charge in [0.15, 0.2) is 23.0 Å². The zero-order chi connectivity index (χ0) is 72.7. The molecular weight excluding hydrogens is 1430 g/mol. The molecule has 101 heavy (non-hydrogen) atoms. The van der Waals surface area contributed by atoms with Crippen LogP contribution < -0.4 is 30.3 Å². The van der Waals surface area contributed by atoms with E-state index >= 15 is 0 Å². The molecule has 4 heterocycles. The second-order valence-corrected chi connectivity index (χ2v) is 26.6. The molecule has 0 spiro atoms. The summed E-state index contributed by atoms with van der Waals surface area (Å²) in [6.07, 6.45) is 10.5. The largest absolute Gasteiger partial charge is 0.466 e. The van der Waals surface area contributed by atoms with Gasteiger partial charge in [0.1, 0.15) is 35.8 Å². The number of ether oxygens (including phenoxy) is 5. The average Bonchev–Trinajstić information content (AvgIpc) is 1.65. The van der Waals surface area contributed by atoms with Crippen molar-refractivity contribution in [3.8, 4) is 46.6 Å². The lowest BCUT2D eigenvalue weighted by Crippen LogP contribution is -2.36. The first-order valence-electron chi connectivity index (χ1n) is 31.2. The van der Waals surface area contributed by atoms with Gasteiger partial charge in [0.25, 0.3) is 12.5 Å². The Kier molecular flexibility index (Phi) is 22.6. The number of imide groups is 1. The van der Waals surface area contributed by atoms with Crippen LogP contribution in [-0.2, 0) is 56.6 Å². The van der Waals surface area contributed by atoms with Crippen LogP contribution in [0.3, 0.4) is 0 Å². The lowest BCUT2D eigenvalue weighted by molar-refractivity contribution is -0.144. The van der Waals surface area contributed by atoms with Gasteiger partial charge >= 0.3 is 18.0 Å². The number of halogens is 6. The molecule has 3 aliphatic carbocycles. The standard InChI is InChI=1S/C25H22Cl2N4O4.C22H15Cl2N5O3.C17H15Cl2N3O.C6H8N2O3/c1-3-34-23(33)11-22(32)20(12-28)29-13-15-8-17(26)24(18(27)9-15)35-16-4-5-19-21(10-16)31(14-30-19)25(2)6-7-25;1-22(4-5-22)28-11-26-16-3-2-13(8-18(16)28)32-21-14(23)6-12(7-15(21)24)29-20(31)9-19(30)17(10-25)27-29;1-17(4-5-17)22-9-21-14-3-2-11(8-15(14)22)23-16-12(18)6-10(20)7-13(16)19;1-3-11-6(10)8-5(9)4-7-2/h4-5,8-10,14H,3,6-7,11,13H2,1-2H3;2-3,6-8,11H,4-5,9H2,1H3;2-3,6-9H,4-5,20H2,1H3;3-4H2,1H3,(H,8,9,10). The van der Waals surface area contributed by atoms with Crippen molar-refractivity contribution in [2.24, 2.45) is 10.1 Å². The molecule has 0 unspecified atom stereocenters. The number of nitrogens with one attached hydrogen (secondary N) is 1. The van der Waals surface area contributed by atoms with Gasteiger partial charge in [0.05, 0.1) is 114 Å². The highest BCUT2D eigenvalue weighted by Gasteiger charge is 2.42. The zero-order valence-corrected chi connectivity index (χ0v) is 59.1. The summed E-state index contributed by atoms with van der Waals surface area (Å²) in [7, 11) is 0. The van der Waals surface area contributed by atoms with Crippen molar-refractivity contribution in [2.75, 3.05) is 30.5 Å². The van der Waals surface area contributed by atoms with Crippen LogP contribution in [0.1, 0.15) is 91.5 Å². The van der Waals surface area contributed by atoms with Gasteiger partial charge in [0, 0.05) is 40.5 Å². The second kappa shape index (κ2) is 31.1. The third kappa shape index (κ3) is 17.5. The summed E-state index contributed by atoms with van der Waals surface area (Å²) in [5, 5.41) is 26.5. The maximum absolute atomic E-state index is 12.2. The summed E-state index contributed by atoms with van der Waals surface area (Å²) in [5.41, 5.74) is 12.3. The number of nitrogens with two attached hydrogens (primary N) is 1. The summed E-state index contributed by atoms with van der Waals surface area (Å²) in [6, 6.07) is 29.6. The van der Waals surface area contributed by atoms with E-state index in [1.165, 1.54) is 25.0 Å². The first kappa shape index (κ1) is 73.4. The summed E-state index contributed by atoms with van der Waals surface area (Å²) in [6.45, 7) is 16.1. The number of rotatable bonds is 18. The van der Waals surface area contributed by atoms with E-state index in [2.05, 4.69) is 69.1 Å². The van der Waals surface area contributed by atoms with E-state index in [1.807, 2.05) is 66.8 Å². The molecule has 3 aromatic heterocycles. The van der Waals surface area contributed by atoms with Gasteiger partial charge in [-0.3, -0.25) is 34.3 Å². The van der Waals surface area contributed by atoms with Crippen molar-refractivity contribution < 1.29 is 52.5 Å². The fourth-order valence-electron chi connectivity index (χ4n) is 10.3.